The molecule has 24 heavy (non-hydrogen) atoms. The van der Waals surface area contributed by atoms with E-state index in [1.807, 2.05) is 25.3 Å². The number of carbonyl (C=O) groups excluding carboxylic acids is 1. The normalized spacial score (nSPS) is 16.9. The van der Waals surface area contributed by atoms with Gasteiger partial charge < -0.3 is 10.2 Å². The summed E-state index contributed by atoms with van der Waals surface area (Å²) in [6, 6.07) is 2.00. The number of carbonyl (C=O) groups is 1. The SMILES string of the molecule is CC(=O)NC(c1nccs1)C1CCN(c2nc(C)cc(C)n2)CC1. The van der Waals surface area contributed by atoms with Crippen molar-refractivity contribution in [2.75, 3.05) is 18.0 Å². The molecular weight excluding hydrogens is 322 g/mol. The minimum Gasteiger partial charge on any atom is -0.347 e. The molecule has 1 N–H and O–H groups in total. The van der Waals surface area contributed by atoms with Crippen molar-refractivity contribution < 1.29 is 4.79 Å². The molecule has 0 saturated carbocycles. The Morgan fingerprint density at radius 2 is 1.96 bits per heavy atom. The van der Waals surface area contributed by atoms with Gasteiger partial charge in [-0.2, -0.15) is 0 Å². The molecule has 6 nitrogen and oxygen atoms in total. The van der Waals surface area contributed by atoms with E-state index >= 15 is 0 Å². The molecule has 1 unspecified atom stereocenters. The lowest BCUT2D eigenvalue weighted by atomic mass is 9.89. The first-order valence-electron chi connectivity index (χ1n) is 8.26. The van der Waals surface area contributed by atoms with Crippen LogP contribution >= 0.6 is 11.3 Å². The third-order valence-electron chi connectivity index (χ3n) is 4.34. The van der Waals surface area contributed by atoms with Gasteiger partial charge in [-0.1, -0.05) is 0 Å². The zero-order chi connectivity index (χ0) is 17.1. The molecule has 128 valence electrons. The number of amides is 1. The van der Waals surface area contributed by atoms with Gasteiger partial charge in [-0.25, -0.2) is 15.0 Å². The molecule has 0 aromatic carbocycles. The number of thiazole rings is 1. The Kier molecular flexibility index (Phi) is 5.08. The molecule has 1 atom stereocenters. The van der Waals surface area contributed by atoms with Crippen LogP contribution in [0, 0.1) is 19.8 Å². The average Bonchev–Trinajstić information content (AvgIpc) is 3.06. The molecule has 1 saturated heterocycles. The van der Waals surface area contributed by atoms with Crippen LogP contribution in [0.25, 0.3) is 0 Å². The molecule has 3 rings (SSSR count). The first-order valence-corrected chi connectivity index (χ1v) is 9.14. The molecule has 2 aromatic heterocycles. The second-order valence-electron chi connectivity index (χ2n) is 6.32. The predicted octanol–water partition coefficient (Wildman–Crippen LogP) is 2.64. The highest BCUT2D eigenvalue weighted by molar-refractivity contribution is 7.09. The number of anilines is 1. The van der Waals surface area contributed by atoms with Crippen molar-refractivity contribution in [2.24, 2.45) is 5.92 Å². The van der Waals surface area contributed by atoms with Gasteiger partial charge in [0.2, 0.25) is 11.9 Å². The molecule has 3 heterocycles. The van der Waals surface area contributed by atoms with Crippen LogP contribution in [0.4, 0.5) is 5.95 Å². The first-order chi connectivity index (χ1) is 11.5. The van der Waals surface area contributed by atoms with Gasteiger partial charge in [0, 0.05) is 43.0 Å². The Hall–Kier alpha value is -2.02. The van der Waals surface area contributed by atoms with Gasteiger partial charge in [-0.05, 0) is 38.7 Å². The molecule has 2 aromatic rings. The molecule has 0 radical (unpaired) electrons. The number of hydrogen-bond acceptors (Lipinski definition) is 6. The Labute approximate surface area is 146 Å². The quantitative estimate of drug-likeness (QED) is 0.922. The first kappa shape index (κ1) is 16.8. The number of rotatable bonds is 4. The van der Waals surface area contributed by atoms with Gasteiger partial charge >= 0.3 is 0 Å². The van der Waals surface area contributed by atoms with E-state index in [1.54, 1.807) is 24.5 Å². The minimum atomic E-state index is -0.00438. The summed E-state index contributed by atoms with van der Waals surface area (Å²) in [6.07, 6.45) is 3.77. The van der Waals surface area contributed by atoms with Crippen molar-refractivity contribution in [3.63, 3.8) is 0 Å². The van der Waals surface area contributed by atoms with E-state index in [0.717, 1.165) is 48.3 Å². The topological polar surface area (TPSA) is 71.0 Å². The maximum absolute atomic E-state index is 11.6. The van der Waals surface area contributed by atoms with Crippen molar-refractivity contribution >= 4 is 23.2 Å². The highest BCUT2D eigenvalue weighted by Gasteiger charge is 2.30. The summed E-state index contributed by atoms with van der Waals surface area (Å²) < 4.78 is 0. The van der Waals surface area contributed by atoms with Crippen LogP contribution in [0.2, 0.25) is 0 Å². The molecule has 0 aliphatic carbocycles. The fourth-order valence-corrected chi connectivity index (χ4v) is 4.05. The number of hydrogen-bond donors (Lipinski definition) is 1. The molecular formula is C17H23N5OS. The summed E-state index contributed by atoms with van der Waals surface area (Å²) in [5.74, 6) is 1.20. The molecule has 1 aliphatic heterocycles. The molecule has 0 spiro atoms. The molecule has 1 fully saturated rings. The minimum absolute atomic E-state index is 0.00438. The summed E-state index contributed by atoms with van der Waals surface area (Å²) in [4.78, 5) is 27.4. The summed E-state index contributed by atoms with van der Waals surface area (Å²) in [7, 11) is 0. The van der Waals surface area contributed by atoms with Gasteiger partial charge in [0.25, 0.3) is 0 Å². The summed E-state index contributed by atoms with van der Waals surface area (Å²) in [6.45, 7) is 7.36. The third kappa shape index (κ3) is 3.90. The maximum Gasteiger partial charge on any atom is 0.225 e. The van der Waals surface area contributed by atoms with Crippen molar-refractivity contribution in [2.45, 2.75) is 39.7 Å². The molecule has 1 aliphatic rings. The standard InChI is InChI=1S/C17H23N5OS/c1-11-10-12(2)20-17(19-11)22-7-4-14(5-8-22)15(21-13(3)23)16-18-6-9-24-16/h6,9-10,14-15H,4-5,7-8H2,1-3H3,(H,21,23). The lowest BCUT2D eigenvalue weighted by molar-refractivity contribution is -0.120. The van der Waals surface area contributed by atoms with Gasteiger partial charge in [0.05, 0.1) is 6.04 Å². The number of piperidine rings is 1. The van der Waals surface area contributed by atoms with Gasteiger partial charge in [0.15, 0.2) is 0 Å². The molecule has 7 heteroatoms. The maximum atomic E-state index is 11.6. The van der Waals surface area contributed by atoms with E-state index in [9.17, 15) is 4.79 Å². The zero-order valence-electron chi connectivity index (χ0n) is 14.3. The van der Waals surface area contributed by atoms with Crippen LogP contribution in [0.3, 0.4) is 0 Å². The highest BCUT2D eigenvalue weighted by atomic mass is 32.1. The lowest BCUT2D eigenvalue weighted by Gasteiger charge is -2.35. The molecule has 1 amide bonds. The van der Waals surface area contributed by atoms with Crippen molar-refractivity contribution in [3.05, 3.63) is 34.0 Å². The molecule has 0 bridgehead atoms. The second-order valence-corrected chi connectivity index (χ2v) is 7.25. The van der Waals surface area contributed by atoms with Crippen LogP contribution < -0.4 is 10.2 Å². The largest absolute Gasteiger partial charge is 0.347 e. The van der Waals surface area contributed by atoms with Crippen LogP contribution in [-0.2, 0) is 4.79 Å². The zero-order valence-corrected chi connectivity index (χ0v) is 15.1. The number of aryl methyl sites for hydroxylation is 2. The van der Waals surface area contributed by atoms with E-state index in [-0.39, 0.29) is 11.9 Å². The van der Waals surface area contributed by atoms with Crippen molar-refractivity contribution in [1.29, 1.82) is 0 Å². The van der Waals surface area contributed by atoms with Crippen LogP contribution in [0.5, 0.6) is 0 Å². The van der Waals surface area contributed by atoms with Crippen LogP contribution in [0.1, 0.15) is 42.2 Å². The van der Waals surface area contributed by atoms with Gasteiger partial charge in [-0.15, -0.1) is 11.3 Å². The van der Waals surface area contributed by atoms with Crippen molar-refractivity contribution in [1.82, 2.24) is 20.3 Å². The lowest BCUT2D eigenvalue weighted by Crippen LogP contribution is -2.41. The van der Waals surface area contributed by atoms with Crippen molar-refractivity contribution in [3.8, 4) is 0 Å². The van der Waals surface area contributed by atoms with Gasteiger partial charge in [-0.3, -0.25) is 4.79 Å². The number of aromatic nitrogens is 3. The number of nitrogens with one attached hydrogen (secondary N) is 1. The van der Waals surface area contributed by atoms with E-state index in [0.29, 0.717) is 5.92 Å². The van der Waals surface area contributed by atoms with E-state index < -0.39 is 0 Å². The summed E-state index contributed by atoms with van der Waals surface area (Å²) >= 11 is 1.60. The van der Waals surface area contributed by atoms with Gasteiger partial charge in [0.1, 0.15) is 5.01 Å². The fourth-order valence-electron chi connectivity index (χ4n) is 3.27. The Bertz CT molecular complexity index is 675. The Morgan fingerprint density at radius 3 is 2.50 bits per heavy atom. The summed E-state index contributed by atoms with van der Waals surface area (Å²) in [5.41, 5.74) is 2.00. The fraction of sp³-hybridized carbons (Fsp3) is 0.529. The third-order valence-corrected chi connectivity index (χ3v) is 5.20. The predicted molar refractivity (Wildman–Crippen MR) is 95.1 cm³/mol. The van der Waals surface area contributed by atoms with Crippen LogP contribution in [-0.4, -0.2) is 33.9 Å². The van der Waals surface area contributed by atoms with E-state index in [4.69, 9.17) is 0 Å². The summed E-state index contributed by atoms with van der Waals surface area (Å²) in [5, 5.41) is 6.04. The second kappa shape index (κ2) is 7.25. The Morgan fingerprint density at radius 1 is 1.29 bits per heavy atom. The monoisotopic (exact) mass is 345 g/mol. The van der Waals surface area contributed by atoms with E-state index in [1.165, 1.54) is 0 Å². The highest BCUT2D eigenvalue weighted by Crippen LogP contribution is 2.32. The van der Waals surface area contributed by atoms with E-state index in [2.05, 4.69) is 25.2 Å². The smallest absolute Gasteiger partial charge is 0.225 e. The number of nitrogens with zero attached hydrogens (tertiary/aromatic N) is 4. The van der Waals surface area contributed by atoms with Crippen LogP contribution in [0.15, 0.2) is 17.6 Å². The average molecular weight is 345 g/mol. The Balaban J connectivity index is 1.69.